The standard InChI is InChI=1S/C25H25ClO6S/c1-33(30,31)17-7-3-5-15(10-17)18-12-21(27)19(11-20(18)26)22-23(28)25(32-24(22)29)9-8-14-4-2-6-16(14)13-25/h3,5,7,10-12,14,16,27-28H,2,4,6,8-9,13H2,1H3. The Bertz CT molecular complexity index is 1300. The molecule has 2 fully saturated rings. The third kappa shape index (κ3) is 3.71. The number of phenols is 1. The maximum atomic E-state index is 12.9. The molecule has 2 N–H and O–H groups in total. The number of carbonyl (C=O) groups excluding carboxylic acids is 1. The number of aromatic hydroxyl groups is 1. The first-order valence-corrected chi connectivity index (χ1v) is 13.4. The SMILES string of the molecule is CS(=O)(=O)c1cccc(-c2cc(O)c(C3=C(O)C4(CCC5CCCC5C4)OC3=O)cc2Cl)c1. The van der Waals surface area contributed by atoms with Gasteiger partial charge in [-0.3, -0.25) is 0 Å². The number of sulfone groups is 1. The van der Waals surface area contributed by atoms with Gasteiger partial charge < -0.3 is 14.9 Å². The van der Waals surface area contributed by atoms with Crippen LogP contribution in [-0.4, -0.2) is 36.5 Å². The monoisotopic (exact) mass is 488 g/mol. The van der Waals surface area contributed by atoms with Gasteiger partial charge in [-0.15, -0.1) is 0 Å². The van der Waals surface area contributed by atoms with E-state index in [2.05, 4.69) is 0 Å². The summed E-state index contributed by atoms with van der Waals surface area (Å²) < 4.78 is 29.6. The molecule has 0 saturated heterocycles. The Kier molecular flexibility index (Phi) is 5.25. The number of ether oxygens (including phenoxy) is 1. The smallest absolute Gasteiger partial charge is 0.343 e. The van der Waals surface area contributed by atoms with Crippen molar-refractivity contribution in [2.75, 3.05) is 6.26 Å². The number of phenolic OH excluding ortho intramolecular Hbond substituents is 1. The molecule has 1 aliphatic heterocycles. The van der Waals surface area contributed by atoms with Gasteiger partial charge in [0.1, 0.15) is 11.3 Å². The fourth-order valence-electron chi connectivity index (χ4n) is 5.73. The minimum absolute atomic E-state index is 0.0534. The van der Waals surface area contributed by atoms with Crippen LogP contribution < -0.4 is 0 Å². The lowest BCUT2D eigenvalue weighted by Gasteiger charge is -2.38. The summed E-state index contributed by atoms with van der Waals surface area (Å²) in [6.45, 7) is 0. The quantitative estimate of drug-likeness (QED) is 0.570. The highest BCUT2D eigenvalue weighted by atomic mass is 35.5. The number of hydrogen-bond donors (Lipinski definition) is 2. The summed E-state index contributed by atoms with van der Waals surface area (Å²) in [4.78, 5) is 13.0. The van der Waals surface area contributed by atoms with E-state index in [1.54, 1.807) is 12.1 Å². The van der Waals surface area contributed by atoms with E-state index in [0.29, 0.717) is 35.8 Å². The second kappa shape index (κ2) is 7.77. The Labute approximate surface area is 197 Å². The van der Waals surface area contributed by atoms with Crippen LogP contribution in [0.1, 0.15) is 44.1 Å². The Morgan fingerprint density at radius 2 is 1.82 bits per heavy atom. The summed E-state index contributed by atoms with van der Waals surface area (Å²) >= 11 is 6.51. The van der Waals surface area contributed by atoms with Crippen molar-refractivity contribution in [3.63, 3.8) is 0 Å². The molecular formula is C25H25ClO6S. The molecule has 0 aromatic heterocycles. The number of aliphatic hydroxyl groups is 1. The van der Waals surface area contributed by atoms with E-state index in [9.17, 15) is 23.4 Å². The lowest BCUT2D eigenvalue weighted by atomic mass is 9.72. The molecule has 3 aliphatic rings. The number of aliphatic hydroxyl groups excluding tert-OH is 1. The van der Waals surface area contributed by atoms with Crippen LogP contribution in [0.2, 0.25) is 5.02 Å². The molecule has 0 radical (unpaired) electrons. The van der Waals surface area contributed by atoms with Crippen LogP contribution in [0.3, 0.4) is 0 Å². The van der Waals surface area contributed by atoms with Crippen LogP contribution in [0.15, 0.2) is 47.1 Å². The van der Waals surface area contributed by atoms with Crippen LogP contribution in [0.5, 0.6) is 5.75 Å². The molecule has 5 rings (SSSR count). The van der Waals surface area contributed by atoms with Crippen molar-refractivity contribution in [1.29, 1.82) is 0 Å². The summed E-state index contributed by atoms with van der Waals surface area (Å²) in [5.41, 5.74) is -0.0541. The summed E-state index contributed by atoms with van der Waals surface area (Å²) in [5, 5.41) is 22.2. The second-order valence-corrected chi connectivity index (χ2v) is 11.9. The molecule has 174 valence electrons. The number of carbonyl (C=O) groups is 1. The third-order valence-corrected chi connectivity index (χ3v) is 8.84. The molecule has 3 unspecified atom stereocenters. The number of benzene rings is 2. The molecule has 3 atom stereocenters. The van der Waals surface area contributed by atoms with E-state index < -0.39 is 21.4 Å². The maximum Gasteiger partial charge on any atom is 0.343 e. The molecule has 2 saturated carbocycles. The van der Waals surface area contributed by atoms with Crippen molar-refractivity contribution in [3.8, 4) is 16.9 Å². The maximum absolute atomic E-state index is 12.9. The molecule has 8 heteroatoms. The zero-order valence-corrected chi connectivity index (χ0v) is 19.7. The van der Waals surface area contributed by atoms with E-state index in [0.717, 1.165) is 25.5 Å². The van der Waals surface area contributed by atoms with Crippen LogP contribution in [0.25, 0.3) is 16.7 Å². The Balaban J connectivity index is 1.55. The van der Waals surface area contributed by atoms with Gasteiger partial charge in [-0.25, -0.2) is 13.2 Å². The predicted molar refractivity (Wildman–Crippen MR) is 125 cm³/mol. The Morgan fingerprint density at radius 1 is 1.06 bits per heavy atom. The van der Waals surface area contributed by atoms with E-state index in [1.165, 1.54) is 30.7 Å². The first-order valence-electron chi connectivity index (χ1n) is 11.1. The van der Waals surface area contributed by atoms with Gasteiger partial charge in [0.15, 0.2) is 21.2 Å². The minimum Gasteiger partial charge on any atom is -0.507 e. The first-order chi connectivity index (χ1) is 15.6. The number of halogens is 1. The molecular weight excluding hydrogens is 464 g/mol. The van der Waals surface area contributed by atoms with Crippen LogP contribution in [-0.2, 0) is 19.4 Å². The predicted octanol–water partition coefficient (Wildman–Crippen LogP) is 5.28. The molecule has 1 heterocycles. The van der Waals surface area contributed by atoms with Gasteiger partial charge in [-0.1, -0.05) is 43.0 Å². The van der Waals surface area contributed by atoms with Crippen molar-refractivity contribution in [2.45, 2.75) is 49.0 Å². The number of rotatable bonds is 3. The highest BCUT2D eigenvalue weighted by Crippen LogP contribution is 2.53. The average molecular weight is 489 g/mol. The van der Waals surface area contributed by atoms with Crippen molar-refractivity contribution >= 4 is 33.0 Å². The van der Waals surface area contributed by atoms with E-state index >= 15 is 0 Å². The molecule has 0 bridgehead atoms. The zero-order chi connectivity index (χ0) is 23.5. The molecule has 6 nitrogen and oxygen atoms in total. The van der Waals surface area contributed by atoms with E-state index in [1.807, 2.05) is 0 Å². The molecule has 33 heavy (non-hydrogen) atoms. The van der Waals surface area contributed by atoms with Gasteiger partial charge in [0, 0.05) is 22.4 Å². The fourth-order valence-corrected chi connectivity index (χ4v) is 6.67. The summed E-state index contributed by atoms with van der Waals surface area (Å²) in [6, 6.07) is 9.05. The topological polar surface area (TPSA) is 101 Å². The number of fused-ring (bicyclic) bond motifs is 1. The van der Waals surface area contributed by atoms with E-state index in [4.69, 9.17) is 16.3 Å². The number of esters is 1. The highest BCUT2D eigenvalue weighted by Gasteiger charge is 2.54. The molecule has 2 aromatic carbocycles. The van der Waals surface area contributed by atoms with E-state index in [-0.39, 0.29) is 32.6 Å². The third-order valence-electron chi connectivity index (χ3n) is 7.42. The minimum atomic E-state index is -3.42. The summed E-state index contributed by atoms with van der Waals surface area (Å²) in [7, 11) is -3.42. The molecule has 0 amide bonds. The molecule has 1 spiro atoms. The van der Waals surface area contributed by atoms with Crippen molar-refractivity contribution in [1.82, 2.24) is 0 Å². The van der Waals surface area contributed by atoms with Crippen molar-refractivity contribution in [3.05, 3.63) is 52.7 Å². The van der Waals surface area contributed by atoms with Gasteiger partial charge in [-0.2, -0.15) is 0 Å². The van der Waals surface area contributed by atoms with Crippen LogP contribution in [0.4, 0.5) is 0 Å². The fraction of sp³-hybridized carbons (Fsp3) is 0.400. The highest BCUT2D eigenvalue weighted by molar-refractivity contribution is 7.90. The summed E-state index contributed by atoms with van der Waals surface area (Å²) in [5.74, 6) is 0.00757. The van der Waals surface area contributed by atoms with Crippen molar-refractivity contribution in [2.24, 2.45) is 11.8 Å². The molecule has 2 aliphatic carbocycles. The van der Waals surface area contributed by atoms with Gasteiger partial charge in [0.05, 0.1) is 4.90 Å². The lowest BCUT2D eigenvalue weighted by Crippen LogP contribution is -2.40. The van der Waals surface area contributed by atoms with Crippen LogP contribution in [0, 0.1) is 11.8 Å². The van der Waals surface area contributed by atoms with Gasteiger partial charge in [0.25, 0.3) is 0 Å². The second-order valence-electron chi connectivity index (χ2n) is 9.45. The first kappa shape index (κ1) is 22.3. The Morgan fingerprint density at radius 3 is 2.58 bits per heavy atom. The largest absolute Gasteiger partial charge is 0.507 e. The lowest BCUT2D eigenvalue weighted by molar-refractivity contribution is -0.152. The van der Waals surface area contributed by atoms with Crippen molar-refractivity contribution < 1.29 is 28.2 Å². The van der Waals surface area contributed by atoms with Gasteiger partial charge >= 0.3 is 5.97 Å². The summed E-state index contributed by atoms with van der Waals surface area (Å²) in [6.07, 6.45) is 6.61. The molecule has 2 aromatic rings. The van der Waals surface area contributed by atoms with Crippen LogP contribution >= 0.6 is 11.6 Å². The Hall–Kier alpha value is -2.51. The van der Waals surface area contributed by atoms with Gasteiger partial charge in [-0.05, 0) is 60.9 Å². The average Bonchev–Trinajstić information content (AvgIpc) is 3.31. The normalized spacial score (nSPS) is 27.2. The number of hydrogen-bond acceptors (Lipinski definition) is 6. The zero-order valence-electron chi connectivity index (χ0n) is 18.2. The van der Waals surface area contributed by atoms with Gasteiger partial charge in [0.2, 0.25) is 0 Å².